The SMILES string of the molecule is CC1OC(=O)C[C@@H]1NC(=O)[C@@H]1CC(Oc2ccccc2)CN1C. The standard InChI is InChI=1S/C17H22N2O4/c1-11-14(9-16(20)22-11)18-17(21)15-8-13(10-19(15)2)23-12-6-4-3-5-7-12/h3-7,11,13-15H,8-10H2,1-2H3,(H,18,21)/t11?,13?,14-,15-/m0/s1. The first-order valence-electron chi connectivity index (χ1n) is 7.94. The molecule has 2 unspecified atom stereocenters. The van der Waals surface area contributed by atoms with Gasteiger partial charge in [-0.15, -0.1) is 0 Å². The number of ether oxygens (including phenoxy) is 2. The second kappa shape index (κ2) is 6.58. The van der Waals surface area contributed by atoms with Gasteiger partial charge in [-0.05, 0) is 26.1 Å². The molecule has 1 amide bonds. The summed E-state index contributed by atoms with van der Waals surface area (Å²) in [5.41, 5.74) is 0. The van der Waals surface area contributed by atoms with E-state index in [0.29, 0.717) is 13.0 Å². The van der Waals surface area contributed by atoms with E-state index in [1.165, 1.54) is 0 Å². The fourth-order valence-electron chi connectivity index (χ4n) is 3.17. The summed E-state index contributed by atoms with van der Waals surface area (Å²) in [5, 5.41) is 2.93. The quantitative estimate of drug-likeness (QED) is 0.838. The van der Waals surface area contributed by atoms with Crippen LogP contribution in [0.4, 0.5) is 0 Å². The van der Waals surface area contributed by atoms with Crippen molar-refractivity contribution in [3.05, 3.63) is 30.3 Å². The Balaban J connectivity index is 1.56. The van der Waals surface area contributed by atoms with Crippen LogP contribution >= 0.6 is 0 Å². The first kappa shape index (κ1) is 15.8. The number of likely N-dealkylation sites (N-methyl/N-ethyl adjacent to an activating group) is 1. The van der Waals surface area contributed by atoms with Crippen molar-refractivity contribution in [3.63, 3.8) is 0 Å². The highest BCUT2D eigenvalue weighted by atomic mass is 16.6. The number of hydrogen-bond acceptors (Lipinski definition) is 5. The van der Waals surface area contributed by atoms with E-state index in [0.717, 1.165) is 5.75 Å². The number of esters is 1. The lowest BCUT2D eigenvalue weighted by molar-refractivity contribution is -0.141. The molecule has 0 spiro atoms. The van der Waals surface area contributed by atoms with Crippen molar-refractivity contribution in [2.24, 2.45) is 0 Å². The van der Waals surface area contributed by atoms with Crippen molar-refractivity contribution in [2.45, 2.75) is 44.1 Å². The lowest BCUT2D eigenvalue weighted by atomic mass is 10.1. The van der Waals surface area contributed by atoms with E-state index in [2.05, 4.69) is 5.32 Å². The molecule has 1 N–H and O–H groups in total. The highest BCUT2D eigenvalue weighted by molar-refractivity contribution is 5.83. The molecule has 0 bridgehead atoms. The third-order valence-corrected chi connectivity index (χ3v) is 4.46. The van der Waals surface area contributed by atoms with Gasteiger partial charge in [0.15, 0.2) is 0 Å². The van der Waals surface area contributed by atoms with Gasteiger partial charge in [-0.1, -0.05) is 18.2 Å². The molecule has 4 atom stereocenters. The topological polar surface area (TPSA) is 67.9 Å². The number of nitrogens with zero attached hydrogens (tertiary/aromatic N) is 1. The summed E-state index contributed by atoms with van der Waals surface area (Å²) >= 11 is 0. The van der Waals surface area contributed by atoms with E-state index < -0.39 is 0 Å². The lowest BCUT2D eigenvalue weighted by Crippen LogP contribution is -2.47. The van der Waals surface area contributed by atoms with E-state index >= 15 is 0 Å². The van der Waals surface area contributed by atoms with Crippen LogP contribution in [0.15, 0.2) is 30.3 Å². The third-order valence-electron chi connectivity index (χ3n) is 4.46. The summed E-state index contributed by atoms with van der Waals surface area (Å²) in [4.78, 5) is 25.8. The number of carbonyl (C=O) groups is 2. The van der Waals surface area contributed by atoms with Crippen molar-refractivity contribution in [1.82, 2.24) is 10.2 Å². The molecule has 0 saturated carbocycles. The predicted octanol–water partition coefficient (Wildman–Crippen LogP) is 0.958. The molecule has 6 nitrogen and oxygen atoms in total. The summed E-state index contributed by atoms with van der Waals surface area (Å²) in [5.74, 6) is 0.491. The van der Waals surface area contributed by atoms with Gasteiger partial charge in [0.25, 0.3) is 0 Å². The van der Waals surface area contributed by atoms with E-state index in [-0.39, 0.29) is 42.6 Å². The number of likely N-dealkylation sites (tertiary alicyclic amines) is 1. The number of amides is 1. The zero-order valence-corrected chi connectivity index (χ0v) is 13.4. The number of carbonyl (C=O) groups excluding carboxylic acids is 2. The minimum absolute atomic E-state index is 0.0166. The number of para-hydroxylation sites is 1. The molecular formula is C17H22N2O4. The minimum Gasteiger partial charge on any atom is -0.489 e. The molecule has 3 rings (SSSR count). The number of nitrogens with one attached hydrogen (secondary N) is 1. The van der Waals surface area contributed by atoms with Gasteiger partial charge >= 0.3 is 5.97 Å². The number of rotatable bonds is 4. The molecule has 23 heavy (non-hydrogen) atoms. The highest BCUT2D eigenvalue weighted by Crippen LogP contribution is 2.23. The van der Waals surface area contributed by atoms with Crippen LogP contribution in [0.25, 0.3) is 0 Å². The molecule has 6 heteroatoms. The van der Waals surface area contributed by atoms with Crippen molar-refractivity contribution in [2.75, 3.05) is 13.6 Å². The Labute approximate surface area is 135 Å². The first-order chi connectivity index (χ1) is 11.0. The van der Waals surface area contributed by atoms with Gasteiger partial charge in [0, 0.05) is 13.0 Å². The van der Waals surface area contributed by atoms with Crippen LogP contribution in [0.2, 0.25) is 0 Å². The molecule has 2 aliphatic rings. The van der Waals surface area contributed by atoms with Gasteiger partial charge < -0.3 is 14.8 Å². The zero-order chi connectivity index (χ0) is 16.4. The van der Waals surface area contributed by atoms with E-state index in [1.807, 2.05) is 42.3 Å². The molecule has 1 aromatic rings. The molecule has 0 radical (unpaired) electrons. The molecular weight excluding hydrogens is 296 g/mol. The van der Waals surface area contributed by atoms with Crippen LogP contribution < -0.4 is 10.1 Å². The highest BCUT2D eigenvalue weighted by Gasteiger charge is 2.39. The van der Waals surface area contributed by atoms with Crippen molar-refractivity contribution < 1.29 is 19.1 Å². The smallest absolute Gasteiger partial charge is 0.308 e. The largest absolute Gasteiger partial charge is 0.489 e. The van der Waals surface area contributed by atoms with Crippen LogP contribution in [0.3, 0.4) is 0 Å². The zero-order valence-electron chi connectivity index (χ0n) is 13.4. The average molecular weight is 318 g/mol. The summed E-state index contributed by atoms with van der Waals surface area (Å²) in [7, 11) is 1.92. The fourth-order valence-corrected chi connectivity index (χ4v) is 3.17. The molecule has 2 saturated heterocycles. The normalized spacial score (nSPS) is 31.0. The summed E-state index contributed by atoms with van der Waals surface area (Å²) in [6, 6.07) is 9.14. The maximum absolute atomic E-state index is 12.5. The summed E-state index contributed by atoms with van der Waals surface area (Å²) in [6.45, 7) is 2.50. The molecule has 2 aliphatic heterocycles. The molecule has 1 aromatic carbocycles. The van der Waals surface area contributed by atoms with E-state index in [1.54, 1.807) is 6.92 Å². The van der Waals surface area contributed by atoms with Gasteiger partial charge in [-0.25, -0.2) is 0 Å². The van der Waals surface area contributed by atoms with Crippen LogP contribution in [-0.4, -0.2) is 54.7 Å². The Morgan fingerprint density at radius 2 is 2.09 bits per heavy atom. The van der Waals surface area contributed by atoms with Gasteiger partial charge in [0.05, 0.1) is 18.5 Å². The second-order valence-electron chi connectivity index (χ2n) is 6.26. The Bertz CT molecular complexity index is 577. The number of benzene rings is 1. The third kappa shape index (κ3) is 3.64. The molecule has 0 aromatic heterocycles. The number of cyclic esters (lactones) is 1. The van der Waals surface area contributed by atoms with Gasteiger partial charge in [-0.3, -0.25) is 14.5 Å². The monoisotopic (exact) mass is 318 g/mol. The van der Waals surface area contributed by atoms with E-state index in [9.17, 15) is 9.59 Å². The molecule has 2 heterocycles. The van der Waals surface area contributed by atoms with E-state index in [4.69, 9.17) is 9.47 Å². The maximum Gasteiger partial charge on any atom is 0.308 e. The van der Waals surface area contributed by atoms with Crippen LogP contribution in [0.5, 0.6) is 5.75 Å². The van der Waals surface area contributed by atoms with Crippen LogP contribution in [-0.2, 0) is 14.3 Å². The minimum atomic E-state index is -0.269. The first-order valence-corrected chi connectivity index (χ1v) is 7.94. The number of hydrogen-bond donors (Lipinski definition) is 1. The van der Waals surface area contributed by atoms with Gasteiger partial charge in [0.2, 0.25) is 5.91 Å². The van der Waals surface area contributed by atoms with Crippen molar-refractivity contribution >= 4 is 11.9 Å². The average Bonchev–Trinajstić information content (AvgIpc) is 3.02. The second-order valence-corrected chi connectivity index (χ2v) is 6.26. The van der Waals surface area contributed by atoms with Gasteiger partial charge in [0.1, 0.15) is 18.0 Å². The molecule has 2 fully saturated rings. The summed E-state index contributed by atoms with van der Waals surface area (Å²) in [6.07, 6.45) is 0.590. The van der Waals surface area contributed by atoms with Crippen molar-refractivity contribution in [3.8, 4) is 5.75 Å². The Hall–Kier alpha value is -2.08. The van der Waals surface area contributed by atoms with Crippen LogP contribution in [0.1, 0.15) is 19.8 Å². The lowest BCUT2D eigenvalue weighted by Gasteiger charge is -2.21. The van der Waals surface area contributed by atoms with Crippen molar-refractivity contribution in [1.29, 1.82) is 0 Å². The van der Waals surface area contributed by atoms with Gasteiger partial charge in [-0.2, -0.15) is 0 Å². The molecule has 124 valence electrons. The van der Waals surface area contributed by atoms with Crippen LogP contribution in [0, 0.1) is 0 Å². The Morgan fingerprint density at radius 3 is 2.74 bits per heavy atom. The maximum atomic E-state index is 12.5. The molecule has 0 aliphatic carbocycles. The predicted molar refractivity (Wildman–Crippen MR) is 84.0 cm³/mol. The fraction of sp³-hybridized carbons (Fsp3) is 0.529. The Morgan fingerprint density at radius 1 is 1.35 bits per heavy atom. The Kier molecular flexibility index (Phi) is 4.52. The summed E-state index contributed by atoms with van der Waals surface area (Å²) < 4.78 is 11.0.